The van der Waals surface area contributed by atoms with Crippen molar-refractivity contribution in [2.45, 2.75) is 19.6 Å². The lowest BCUT2D eigenvalue weighted by Crippen LogP contribution is -2.41. The molecule has 0 aliphatic carbocycles. The molecule has 30 heavy (non-hydrogen) atoms. The highest BCUT2D eigenvalue weighted by molar-refractivity contribution is 5.94. The van der Waals surface area contributed by atoms with Gasteiger partial charge in [0.05, 0.1) is 0 Å². The first kappa shape index (κ1) is 23.1. The van der Waals surface area contributed by atoms with Gasteiger partial charge in [0.1, 0.15) is 5.75 Å². The molecule has 0 aliphatic heterocycles. The van der Waals surface area contributed by atoms with Gasteiger partial charge in [-0.2, -0.15) is 13.2 Å². The van der Waals surface area contributed by atoms with Crippen molar-refractivity contribution in [3.63, 3.8) is 0 Å². The Kier molecular flexibility index (Phi) is 8.52. The van der Waals surface area contributed by atoms with Crippen LogP contribution in [-0.2, 0) is 6.54 Å². The third kappa shape index (κ3) is 8.02. The Morgan fingerprint density at radius 2 is 1.73 bits per heavy atom. The number of carbonyl (C=O) groups excluding carboxylic acids is 1. The molecule has 0 saturated heterocycles. The molecule has 0 unspecified atom stereocenters. The van der Waals surface area contributed by atoms with Crippen molar-refractivity contribution >= 4 is 11.9 Å². The summed E-state index contributed by atoms with van der Waals surface area (Å²) in [6.07, 6.45) is -4.41. The van der Waals surface area contributed by atoms with E-state index in [0.717, 1.165) is 5.56 Å². The summed E-state index contributed by atoms with van der Waals surface area (Å²) < 4.78 is 42.4. The number of carbonyl (C=O) groups is 1. The van der Waals surface area contributed by atoms with Gasteiger partial charge in [0.2, 0.25) is 0 Å². The van der Waals surface area contributed by atoms with E-state index < -0.39 is 12.8 Å². The lowest BCUT2D eigenvalue weighted by atomic mass is 10.1. The minimum atomic E-state index is -4.41. The molecule has 2 aromatic rings. The molecule has 0 aliphatic rings. The molecule has 0 heterocycles. The zero-order valence-electron chi connectivity index (χ0n) is 16.8. The Morgan fingerprint density at radius 3 is 2.40 bits per heavy atom. The molecule has 162 valence electrons. The molecule has 0 spiro atoms. The van der Waals surface area contributed by atoms with Crippen LogP contribution in [0.5, 0.6) is 5.75 Å². The maximum Gasteiger partial charge on any atom is 0.422 e. The van der Waals surface area contributed by atoms with Crippen molar-refractivity contribution in [2.75, 3.05) is 26.7 Å². The molecular formula is C21H25F3N4O2. The summed E-state index contributed by atoms with van der Waals surface area (Å²) >= 11 is 0. The van der Waals surface area contributed by atoms with Crippen molar-refractivity contribution < 1.29 is 22.7 Å². The highest BCUT2D eigenvalue weighted by Crippen LogP contribution is 2.23. The fourth-order valence-electron chi connectivity index (χ4n) is 2.55. The molecule has 0 radical (unpaired) electrons. The minimum absolute atomic E-state index is 0.172. The van der Waals surface area contributed by atoms with Crippen molar-refractivity contribution in [1.29, 1.82) is 0 Å². The molecule has 2 aromatic carbocycles. The van der Waals surface area contributed by atoms with Gasteiger partial charge >= 0.3 is 6.18 Å². The third-order valence-electron chi connectivity index (χ3n) is 4.02. The number of halogens is 3. The Balaban J connectivity index is 1.82. The lowest BCUT2D eigenvalue weighted by molar-refractivity contribution is -0.153. The van der Waals surface area contributed by atoms with E-state index >= 15 is 0 Å². The van der Waals surface area contributed by atoms with Crippen LogP contribution in [0.15, 0.2) is 53.5 Å². The number of hydrogen-bond acceptors (Lipinski definition) is 3. The Bertz CT molecular complexity index is 855. The number of nitrogens with one attached hydrogen (secondary N) is 3. The topological polar surface area (TPSA) is 74.8 Å². The summed E-state index contributed by atoms with van der Waals surface area (Å²) in [5, 5.41) is 8.85. The first-order valence-electron chi connectivity index (χ1n) is 9.35. The number of benzene rings is 2. The predicted octanol–water partition coefficient (Wildman–Crippen LogP) is 3.03. The zero-order valence-corrected chi connectivity index (χ0v) is 16.8. The zero-order chi connectivity index (χ0) is 22.0. The average Bonchev–Trinajstić information content (AvgIpc) is 2.72. The van der Waals surface area contributed by atoms with Gasteiger partial charge in [0.25, 0.3) is 5.91 Å². The van der Waals surface area contributed by atoms with E-state index in [-0.39, 0.29) is 18.2 Å². The van der Waals surface area contributed by atoms with Gasteiger partial charge in [0.15, 0.2) is 12.6 Å². The molecule has 0 saturated carbocycles. The van der Waals surface area contributed by atoms with Crippen molar-refractivity contribution in [3.05, 3.63) is 65.2 Å². The summed E-state index contributed by atoms with van der Waals surface area (Å²) in [5.74, 6) is 0.447. The summed E-state index contributed by atoms with van der Waals surface area (Å²) in [5.41, 5.74) is 1.95. The molecule has 0 bridgehead atoms. The number of ether oxygens (including phenoxy) is 1. The van der Waals surface area contributed by atoms with Gasteiger partial charge in [-0.05, 0) is 30.7 Å². The van der Waals surface area contributed by atoms with E-state index in [1.807, 2.05) is 6.07 Å². The van der Waals surface area contributed by atoms with E-state index in [1.54, 1.807) is 56.4 Å². The number of aryl methyl sites for hydroxylation is 1. The van der Waals surface area contributed by atoms with Crippen LogP contribution in [0.3, 0.4) is 0 Å². The number of rotatable bonds is 8. The average molecular weight is 422 g/mol. The lowest BCUT2D eigenvalue weighted by Gasteiger charge is -2.16. The normalized spacial score (nSPS) is 11.7. The van der Waals surface area contributed by atoms with Crippen LogP contribution < -0.4 is 20.7 Å². The van der Waals surface area contributed by atoms with Gasteiger partial charge in [-0.1, -0.05) is 30.3 Å². The van der Waals surface area contributed by atoms with Crippen molar-refractivity contribution in [2.24, 2.45) is 4.99 Å². The monoisotopic (exact) mass is 422 g/mol. The molecule has 0 aromatic heterocycles. The van der Waals surface area contributed by atoms with E-state index in [2.05, 4.69) is 20.9 Å². The van der Waals surface area contributed by atoms with Gasteiger partial charge < -0.3 is 20.7 Å². The van der Waals surface area contributed by atoms with E-state index in [1.165, 1.54) is 0 Å². The highest BCUT2D eigenvalue weighted by atomic mass is 19.4. The number of nitrogens with zero attached hydrogens (tertiary/aromatic N) is 1. The fraction of sp³-hybridized carbons (Fsp3) is 0.333. The van der Waals surface area contributed by atoms with Gasteiger partial charge in [-0.15, -0.1) is 0 Å². The van der Waals surface area contributed by atoms with E-state index in [0.29, 0.717) is 30.2 Å². The standard InChI is InChI=1S/C21H25F3N4O2/c1-15-8-9-17(18(12-15)30-14-21(22,23)24)13-28-20(25-2)27-11-10-26-19(29)16-6-4-3-5-7-16/h3-9,12H,10-11,13-14H2,1-2H3,(H,26,29)(H2,25,27,28). The molecule has 9 heteroatoms. The van der Waals surface area contributed by atoms with Crippen molar-refractivity contribution in [1.82, 2.24) is 16.0 Å². The molecule has 2 rings (SSSR count). The summed E-state index contributed by atoms with van der Waals surface area (Å²) in [4.78, 5) is 16.1. The van der Waals surface area contributed by atoms with Crippen LogP contribution in [0.25, 0.3) is 0 Å². The van der Waals surface area contributed by atoms with Gasteiger partial charge in [0, 0.05) is 37.8 Å². The molecule has 3 N–H and O–H groups in total. The Labute approximate surface area is 173 Å². The van der Waals surface area contributed by atoms with E-state index in [4.69, 9.17) is 4.74 Å². The molecule has 6 nitrogen and oxygen atoms in total. The molecule has 0 atom stereocenters. The maximum atomic E-state index is 12.5. The number of guanidine groups is 1. The van der Waals surface area contributed by atoms with Crippen LogP contribution in [0.1, 0.15) is 21.5 Å². The first-order valence-corrected chi connectivity index (χ1v) is 9.35. The first-order chi connectivity index (χ1) is 14.3. The quantitative estimate of drug-likeness (QED) is 0.347. The number of aliphatic imine (C=N–C) groups is 1. The fourth-order valence-corrected chi connectivity index (χ4v) is 2.55. The molecule has 0 fully saturated rings. The largest absolute Gasteiger partial charge is 0.484 e. The number of hydrogen-bond donors (Lipinski definition) is 3. The SMILES string of the molecule is CN=C(NCCNC(=O)c1ccccc1)NCc1ccc(C)cc1OCC(F)(F)F. The maximum absolute atomic E-state index is 12.5. The number of amides is 1. The minimum Gasteiger partial charge on any atom is -0.484 e. The molecule has 1 amide bonds. The van der Waals surface area contributed by atoms with Crippen LogP contribution in [0.2, 0.25) is 0 Å². The van der Waals surface area contributed by atoms with Gasteiger partial charge in [-0.25, -0.2) is 0 Å². The highest BCUT2D eigenvalue weighted by Gasteiger charge is 2.28. The summed E-state index contributed by atoms with van der Waals surface area (Å²) in [6.45, 7) is 1.45. The van der Waals surface area contributed by atoms with Gasteiger partial charge in [-0.3, -0.25) is 9.79 Å². The van der Waals surface area contributed by atoms with Crippen LogP contribution in [0.4, 0.5) is 13.2 Å². The second kappa shape index (κ2) is 11.1. The second-order valence-corrected chi connectivity index (χ2v) is 6.49. The van der Waals surface area contributed by atoms with Crippen LogP contribution in [0, 0.1) is 6.92 Å². The molecular weight excluding hydrogens is 397 g/mol. The smallest absolute Gasteiger partial charge is 0.422 e. The van der Waals surface area contributed by atoms with Crippen LogP contribution in [-0.4, -0.2) is 44.8 Å². The summed E-state index contributed by atoms with van der Waals surface area (Å²) in [7, 11) is 1.58. The Morgan fingerprint density at radius 1 is 1.03 bits per heavy atom. The summed E-state index contributed by atoms with van der Waals surface area (Å²) in [6, 6.07) is 13.9. The predicted molar refractivity (Wildman–Crippen MR) is 110 cm³/mol. The second-order valence-electron chi connectivity index (χ2n) is 6.49. The van der Waals surface area contributed by atoms with Crippen LogP contribution >= 0.6 is 0 Å². The van der Waals surface area contributed by atoms with Crippen molar-refractivity contribution in [3.8, 4) is 5.75 Å². The third-order valence-corrected chi connectivity index (χ3v) is 4.02. The number of alkyl halides is 3. The van der Waals surface area contributed by atoms with E-state index in [9.17, 15) is 18.0 Å². The Hall–Kier alpha value is -3.23.